The lowest BCUT2D eigenvalue weighted by Gasteiger charge is -2.25. The van der Waals surface area contributed by atoms with E-state index in [-0.39, 0.29) is 6.61 Å². The van der Waals surface area contributed by atoms with E-state index in [0.29, 0.717) is 12.2 Å². The maximum Gasteiger partial charge on any atom is 0.373 e. The maximum atomic E-state index is 11.8. The third-order valence-electron chi connectivity index (χ3n) is 3.85. The van der Waals surface area contributed by atoms with E-state index in [4.69, 9.17) is 14.5 Å². The van der Waals surface area contributed by atoms with E-state index in [9.17, 15) is 4.79 Å². The second-order valence-corrected chi connectivity index (χ2v) is 9.54. The van der Waals surface area contributed by atoms with Crippen molar-refractivity contribution in [3.63, 3.8) is 0 Å². The lowest BCUT2D eigenvalue weighted by Crippen LogP contribution is -2.44. The Labute approximate surface area is 127 Å². The van der Waals surface area contributed by atoms with Gasteiger partial charge >= 0.3 is 5.97 Å². The molecule has 1 rings (SSSR count). The molecule has 0 aliphatic heterocycles. The average molecular weight is 308 g/mol. The zero-order valence-electron chi connectivity index (χ0n) is 13.1. The summed E-state index contributed by atoms with van der Waals surface area (Å²) in [6, 6.07) is 9.80. The van der Waals surface area contributed by atoms with Crippen molar-refractivity contribution >= 4 is 19.2 Å². The fourth-order valence-electron chi connectivity index (χ4n) is 2.26. The van der Waals surface area contributed by atoms with Crippen molar-refractivity contribution < 1.29 is 19.3 Å². The number of benzene rings is 1. The Morgan fingerprint density at radius 3 is 2.29 bits per heavy atom. The standard InChI is InChI=1S/C16H24O4Si/c1-5-21(6-2,7-3)15-10-8-14(9-11-15)16(17)20-19-13-12-18-4/h5,8-11H,1,6-7,12-13H2,2-4H3. The van der Waals surface area contributed by atoms with Gasteiger partial charge in [0.15, 0.2) is 0 Å². The van der Waals surface area contributed by atoms with Crippen LogP contribution in [0.4, 0.5) is 0 Å². The first-order valence-electron chi connectivity index (χ1n) is 7.20. The van der Waals surface area contributed by atoms with Crippen molar-refractivity contribution in [2.45, 2.75) is 25.9 Å². The summed E-state index contributed by atoms with van der Waals surface area (Å²) < 4.78 is 4.80. The number of carbonyl (C=O) groups excluding carboxylic acids is 1. The molecule has 116 valence electrons. The first kappa shape index (κ1) is 17.6. The Hall–Kier alpha value is -1.43. The lowest BCUT2D eigenvalue weighted by atomic mass is 10.2. The molecule has 21 heavy (non-hydrogen) atoms. The predicted molar refractivity (Wildman–Crippen MR) is 86.2 cm³/mol. The number of rotatable bonds is 9. The number of carbonyl (C=O) groups is 1. The van der Waals surface area contributed by atoms with Crippen molar-refractivity contribution in [2.24, 2.45) is 0 Å². The zero-order valence-corrected chi connectivity index (χ0v) is 14.1. The maximum absolute atomic E-state index is 11.8. The number of ether oxygens (including phenoxy) is 1. The summed E-state index contributed by atoms with van der Waals surface area (Å²) in [5.41, 5.74) is 2.60. The quantitative estimate of drug-likeness (QED) is 0.304. The molecule has 4 nitrogen and oxygen atoms in total. The predicted octanol–water partition coefficient (Wildman–Crippen LogP) is 2.84. The lowest BCUT2D eigenvalue weighted by molar-refractivity contribution is -0.246. The van der Waals surface area contributed by atoms with E-state index in [1.54, 1.807) is 19.2 Å². The van der Waals surface area contributed by atoms with Gasteiger partial charge in [-0.05, 0) is 12.1 Å². The second-order valence-electron chi connectivity index (χ2n) is 4.83. The average Bonchev–Trinajstić information content (AvgIpc) is 2.54. The first-order valence-corrected chi connectivity index (χ1v) is 9.69. The number of hydrogen-bond donors (Lipinski definition) is 0. The highest BCUT2D eigenvalue weighted by molar-refractivity contribution is 6.95. The van der Waals surface area contributed by atoms with Gasteiger partial charge in [-0.15, -0.1) is 6.58 Å². The van der Waals surface area contributed by atoms with Crippen LogP contribution in [-0.4, -0.2) is 34.4 Å². The van der Waals surface area contributed by atoms with Gasteiger partial charge in [0.1, 0.15) is 14.7 Å². The van der Waals surface area contributed by atoms with E-state index >= 15 is 0 Å². The molecule has 1 aromatic carbocycles. The molecule has 0 spiro atoms. The van der Waals surface area contributed by atoms with E-state index in [1.165, 1.54) is 5.19 Å². The molecule has 0 unspecified atom stereocenters. The molecule has 0 bridgehead atoms. The normalized spacial score (nSPS) is 11.2. The van der Waals surface area contributed by atoms with Crippen molar-refractivity contribution in [1.29, 1.82) is 0 Å². The van der Waals surface area contributed by atoms with Crippen LogP contribution in [0.2, 0.25) is 12.1 Å². The molecule has 0 saturated carbocycles. The molecule has 0 aliphatic rings. The van der Waals surface area contributed by atoms with Crippen LogP contribution < -0.4 is 5.19 Å². The highest BCUT2D eigenvalue weighted by atomic mass is 28.3. The molecule has 0 aliphatic carbocycles. The van der Waals surface area contributed by atoms with Gasteiger partial charge < -0.3 is 4.74 Å². The van der Waals surface area contributed by atoms with Crippen LogP contribution in [0.15, 0.2) is 36.5 Å². The molecule has 0 N–H and O–H groups in total. The Bertz CT molecular complexity index is 452. The molecule has 0 heterocycles. The topological polar surface area (TPSA) is 44.8 Å². The molecule has 0 aromatic heterocycles. The number of hydrogen-bond acceptors (Lipinski definition) is 4. The third-order valence-corrected chi connectivity index (χ3v) is 8.64. The van der Waals surface area contributed by atoms with E-state index in [1.807, 2.05) is 12.1 Å². The van der Waals surface area contributed by atoms with Gasteiger partial charge in [0.2, 0.25) is 0 Å². The van der Waals surface area contributed by atoms with E-state index in [0.717, 1.165) is 12.1 Å². The fraction of sp³-hybridized carbons (Fsp3) is 0.438. The van der Waals surface area contributed by atoms with Crippen molar-refractivity contribution in [3.05, 3.63) is 42.1 Å². The molecule has 0 saturated heterocycles. The minimum absolute atomic E-state index is 0.221. The summed E-state index contributed by atoms with van der Waals surface area (Å²) in [4.78, 5) is 21.3. The minimum atomic E-state index is -1.62. The van der Waals surface area contributed by atoms with Crippen molar-refractivity contribution in [3.8, 4) is 0 Å². The van der Waals surface area contributed by atoms with Crippen LogP contribution in [0, 0.1) is 0 Å². The summed E-state index contributed by atoms with van der Waals surface area (Å²) >= 11 is 0. The minimum Gasteiger partial charge on any atom is -0.382 e. The van der Waals surface area contributed by atoms with Gasteiger partial charge in [-0.25, -0.2) is 4.79 Å². The Balaban J connectivity index is 2.73. The van der Waals surface area contributed by atoms with E-state index in [2.05, 4.69) is 26.1 Å². The Morgan fingerprint density at radius 2 is 1.81 bits per heavy atom. The molecule has 5 heteroatoms. The van der Waals surface area contributed by atoms with Gasteiger partial charge in [0, 0.05) is 7.11 Å². The van der Waals surface area contributed by atoms with Crippen LogP contribution in [0.25, 0.3) is 0 Å². The molecule has 0 radical (unpaired) electrons. The summed E-state index contributed by atoms with van der Waals surface area (Å²) in [5, 5.41) is 1.29. The van der Waals surface area contributed by atoms with Crippen LogP contribution in [0.1, 0.15) is 24.2 Å². The Kier molecular flexibility index (Phi) is 7.35. The highest BCUT2D eigenvalue weighted by Crippen LogP contribution is 2.17. The van der Waals surface area contributed by atoms with Gasteiger partial charge in [-0.3, -0.25) is 4.89 Å². The SMILES string of the molecule is C=C[Si](CC)(CC)c1ccc(C(=O)OOCCOC)cc1. The molecule has 0 fully saturated rings. The largest absolute Gasteiger partial charge is 0.382 e. The van der Waals surface area contributed by atoms with Gasteiger partial charge in [-0.2, -0.15) is 4.89 Å². The van der Waals surface area contributed by atoms with Crippen LogP contribution in [0.5, 0.6) is 0 Å². The Morgan fingerprint density at radius 1 is 1.19 bits per heavy atom. The molecule has 0 atom stereocenters. The van der Waals surface area contributed by atoms with Gasteiger partial charge in [-0.1, -0.05) is 49.0 Å². The molecular formula is C16H24O4Si. The van der Waals surface area contributed by atoms with Crippen LogP contribution in [-0.2, 0) is 14.5 Å². The first-order chi connectivity index (χ1) is 10.1. The van der Waals surface area contributed by atoms with Crippen molar-refractivity contribution in [1.82, 2.24) is 0 Å². The molecule has 1 aromatic rings. The van der Waals surface area contributed by atoms with Crippen molar-refractivity contribution in [2.75, 3.05) is 20.3 Å². The summed E-state index contributed by atoms with van der Waals surface area (Å²) in [6.07, 6.45) is 0. The monoisotopic (exact) mass is 308 g/mol. The fourth-order valence-corrected chi connectivity index (χ4v) is 5.22. The smallest absolute Gasteiger partial charge is 0.373 e. The van der Waals surface area contributed by atoms with Crippen LogP contribution in [0.3, 0.4) is 0 Å². The zero-order chi connectivity index (χ0) is 15.7. The summed E-state index contributed by atoms with van der Waals surface area (Å²) in [5.74, 6) is -0.489. The molecular weight excluding hydrogens is 284 g/mol. The third kappa shape index (κ3) is 4.52. The van der Waals surface area contributed by atoms with Gasteiger partial charge in [0.05, 0.1) is 12.2 Å². The molecule has 0 amide bonds. The van der Waals surface area contributed by atoms with Crippen LogP contribution >= 0.6 is 0 Å². The number of methoxy groups -OCH3 is 1. The van der Waals surface area contributed by atoms with Gasteiger partial charge in [0.25, 0.3) is 0 Å². The summed E-state index contributed by atoms with van der Waals surface area (Å²) in [7, 11) is -0.0667. The second kappa shape index (κ2) is 8.77. The van der Waals surface area contributed by atoms with E-state index < -0.39 is 14.0 Å². The summed E-state index contributed by atoms with van der Waals surface area (Å²) in [6.45, 7) is 9.00. The highest BCUT2D eigenvalue weighted by Gasteiger charge is 2.27.